The maximum absolute atomic E-state index is 10.6. The van der Waals surface area contributed by atoms with Crippen molar-refractivity contribution in [3.63, 3.8) is 0 Å². The van der Waals surface area contributed by atoms with Crippen molar-refractivity contribution in [1.82, 2.24) is 0 Å². The second kappa shape index (κ2) is 5.40. The minimum Gasteiger partial charge on any atom is -0.480 e. The summed E-state index contributed by atoms with van der Waals surface area (Å²) in [6.07, 6.45) is -2.22. The summed E-state index contributed by atoms with van der Waals surface area (Å²) < 4.78 is 34.4. The summed E-state index contributed by atoms with van der Waals surface area (Å²) in [5, 5.41) is 8.67. The van der Waals surface area contributed by atoms with E-state index < -0.39 is 48.8 Å². The molecule has 22 heavy (non-hydrogen) atoms. The summed E-state index contributed by atoms with van der Waals surface area (Å²) in [5.74, 6) is -2.57. The Morgan fingerprint density at radius 1 is 1.00 bits per heavy atom. The lowest BCUT2D eigenvalue weighted by Crippen LogP contribution is -2.56. The van der Waals surface area contributed by atoms with Crippen LogP contribution in [-0.2, 0) is 33.2 Å². The van der Waals surface area contributed by atoms with Crippen LogP contribution in [0.25, 0.3) is 0 Å². The zero-order valence-electron chi connectivity index (χ0n) is 13.1. The van der Waals surface area contributed by atoms with E-state index in [0.717, 1.165) is 0 Å². The molecule has 0 aromatic rings. The molecule has 0 radical (unpaired) electrons. The average Bonchev–Trinajstić information content (AvgIpc) is 2.83. The number of ether oxygens (including phenoxy) is 6. The largest absolute Gasteiger partial charge is 0.480 e. The molecule has 0 aromatic heterocycles. The Bertz CT molecular complexity index is 448. The summed E-state index contributed by atoms with van der Waals surface area (Å²) in [4.78, 5) is 10.6. The van der Waals surface area contributed by atoms with Gasteiger partial charge in [-0.1, -0.05) is 0 Å². The van der Waals surface area contributed by atoms with Gasteiger partial charge in [-0.25, -0.2) is 4.79 Å². The second-order valence-corrected chi connectivity index (χ2v) is 6.62. The number of carboxylic acids is 1. The third kappa shape index (κ3) is 3.12. The predicted molar refractivity (Wildman–Crippen MR) is 71.0 cm³/mol. The van der Waals surface area contributed by atoms with Gasteiger partial charge in [-0.15, -0.1) is 0 Å². The number of carboxylic acid groups (broad SMARTS) is 1. The fraction of sp³-hybridized carbons (Fsp3) is 0.929. The van der Waals surface area contributed by atoms with Crippen molar-refractivity contribution in [2.45, 2.75) is 70.0 Å². The molecule has 3 aliphatic rings. The quantitative estimate of drug-likeness (QED) is 0.800. The van der Waals surface area contributed by atoms with E-state index >= 15 is 0 Å². The van der Waals surface area contributed by atoms with Crippen LogP contribution in [0.2, 0.25) is 0 Å². The smallest absolute Gasteiger partial charge is 0.329 e. The molecule has 0 saturated carbocycles. The zero-order valence-corrected chi connectivity index (χ0v) is 13.1. The van der Waals surface area contributed by atoms with Crippen LogP contribution < -0.4 is 0 Å². The lowest BCUT2D eigenvalue weighted by atomic mass is 9.99. The molecular formula is C14H22O8. The number of carbonyl (C=O) groups is 1. The minimum absolute atomic E-state index is 0.0832. The van der Waals surface area contributed by atoms with Crippen molar-refractivity contribution < 1.29 is 38.3 Å². The summed E-state index contributed by atoms with van der Waals surface area (Å²) >= 11 is 0. The third-order valence-electron chi connectivity index (χ3n) is 3.76. The molecule has 3 saturated heterocycles. The molecule has 1 N–H and O–H groups in total. The van der Waals surface area contributed by atoms with Crippen LogP contribution >= 0.6 is 0 Å². The Labute approximate surface area is 128 Å². The monoisotopic (exact) mass is 318 g/mol. The van der Waals surface area contributed by atoms with E-state index in [1.54, 1.807) is 13.8 Å². The summed E-state index contributed by atoms with van der Waals surface area (Å²) in [5.41, 5.74) is 0. The molecule has 3 aliphatic heterocycles. The van der Waals surface area contributed by atoms with E-state index in [1.807, 2.05) is 13.8 Å². The van der Waals surface area contributed by atoms with Gasteiger partial charge in [0, 0.05) is 0 Å². The van der Waals surface area contributed by atoms with Gasteiger partial charge in [0.2, 0.25) is 0 Å². The number of fused-ring (bicyclic) bond motifs is 3. The minimum atomic E-state index is -1.03. The highest BCUT2D eigenvalue weighted by Gasteiger charge is 2.60. The van der Waals surface area contributed by atoms with Gasteiger partial charge in [-0.3, -0.25) is 0 Å². The highest BCUT2D eigenvalue weighted by molar-refractivity contribution is 5.67. The van der Waals surface area contributed by atoms with E-state index in [2.05, 4.69) is 0 Å². The van der Waals surface area contributed by atoms with Crippen molar-refractivity contribution in [2.24, 2.45) is 0 Å². The fourth-order valence-corrected chi connectivity index (χ4v) is 3.09. The molecule has 0 amide bonds. The molecule has 0 aromatic carbocycles. The van der Waals surface area contributed by atoms with Gasteiger partial charge in [0.15, 0.2) is 17.9 Å². The Hall–Kier alpha value is -0.770. The molecule has 5 atom stereocenters. The van der Waals surface area contributed by atoms with Crippen LogP contribution in [0.1, 0.15) is 27.7 Å². The summed E-state index contributed by atoms with van der Waals surface area (Å²) in [6.45, 7) is 6.94. The van der Waals surface area contributed by atoms with Crippen LogP contribution in [0.15, 0.2) is 0 Å². The van der Waals surface area contributed by atoms with Gasteiger partial charge < -0.3 is 33.5 Å². The van der Waals surface area contributed by atoms with Crippen molar-refractivity contribution in [1.29, 1.82) is 0 Å². The fourth-order valence-electron chi connectivity index (χ4n) is 3.09. The zero-order chi connectivity index (χ0) is 16.1. The standard InChI is InChI=1S/C14H22O8/c1-13(2)19-9-7(5-17-6-8(15)16)18-12-11(10(9)20-13)21-14(3,4)22-12/h7,9-12H,5-6H2,1-4H3,(H,15,16)/t7-,9+,10+,11+,12+/m0/s1. The van der Waals surface area contributed by atoms with Gasteiger partial charge in [0.1, 0.15) is 31.0 Å². The van der Waals surface area contributed by atoms with Gasteiger partial charge in [0.05, 0.1) is 6.61 Å². The SMILES string of the molecule is CC1(C)O[C@H]2O[C@@H](COCC(=O)O)[C@H]3OC(C)(C)O[C@H]3[C@H]2O1. The highest BCUT2D eigenvalue weighted by Crippen LogP contribution is 2.44. The molecule has 126 valence electrons. The number of aliphatic carboxylic acids is 1. The number of rotatable bonds is 4. The predicted octanol–water partition coefficient (Wildman–Crippen LogP) is 0.484. The maximum atomic E-state index is 10.6. The van der Waals surface area contributed by atoms with Crippen molar-refractivity contribution in [2.75, 3.05) is 13.2 Å². The van der Waals surface area contributed by atoms with Gasteiger partial charge in [-0.2, -0.15) is 0 Å². The molecule has 0 bridgehead atoms. The Morgan fingerprint density at radius 3 is 2.27 bits per heavy atom. The van der Waals surface area contributed by atoms with E-state index in [-0.39, 0.29) is 12.7 Å². The lowest BCUT2D eigenvalue weighted by Gasteiger charge is -2.37. The average molecular weight is 318 g/mol. The van der Waals surface area contributed by atoms with Crippen LogP contribution in [0.3, 0.4) is 0 Å². The molecule has 0 spiro atoms. The lowest BCUT2D eigenvalue weighted by molar-refractivity contribution is -0.243. The highest BCUT2D eigenvalue weighted by atomic mass is 16.9. The molecule has 8 heteroatoms. The molecule has 0 unspecified atom stereocenters. The number of hydrogen-bond acceptors (Lipinski definition) is 7. The first-order chi connectivity index (χ1) is 10.2. The van der Waals surface area contributed by atoms with Crippen molar-refractivity contribution >= 4 is 5.97 Å². The van der Waals surface area contributed by atoms with Crippen molar-refractivity contribution in [3.05, 3.63) is 0 Å². The normalized spacial score (nSPS) is 41.9. The topological polar surface area (TPSA) is 92.7 Å². The summed E-state index contributed by atoms with van der Waals surface area (Å²) in [6, 6.07) is 0. The first-order valence-electron chi connectivity index (χ1n) is 7.33. The van der Waals surface area contributed by atoms with Crippen LogP contribution in [0, 0.1) is 0 Å². The first kappa shape index (κ1) is 16.1. The Morgan fingerprint density at radius 2 is 1.59 bits per heavy atom. The third-order valence-corrected chi connectivity index (χ3v) is 3.76. The van der Waals surface area contributed by atoms with Gasteiger partial charge in [-0.05, 0) is 27.7 Å². The first-order valence-corrected chi connectivity index (χ1v) is 7.33. The molecular weight excluding hydrogens is 296 g/mol. The van der Waals surface area contributed by atoms with E-state index in [9.17, 15) is 4.79 Å². The van der Waals surface area contributed by atoms with Crippen LogP contribution in [0.4, 0.5) is 0 Å². The van der Waals surface area contributed by atoms with Gasteiger partial charge >= 0.3 is 5.97 Å². The molecule has 0 aliphatic carbocycles. The van der Waals surface area contributed by atoms with Gasteiger partial charge in [0.25, 0.3) is 0 Å². The Balaban J connectivity index is 1.73. The second-order valence-electron chi connectivity index (χ2n) is 6.62. The van der Waals surface area contributed by atoms with E-state index in [1.165, 1.54) is 0 Å². The summed E-state index contributed by atoms with van der Waals surface area (Å²) in [7, 11) is 0. The number of hydrogen-bond donors (Lipinski definition) is 1. The maximum Gasteiger partial charge on any atom is 0.329 e. The molecule has 3 rings (SSSR count). The van der Waals surface area contributed by atoms with Crippen molar-refractivity contribution in [3.8, 4) is 0 Å². The van der Waals surface area contributed by atoms with Crippen LogP contribution in [-0.4, -0.2) is 66.6 Å². The molecule has 3 fully saturated rings. The van der Waals surface area contributed by atoms with E-state index in [4.69, 9.17) is 33.5 Å². The van der Waals surface area contributed by atoms with Crippen LogP contribution in [0.5, 0.6) is 0 Å². The molecule has 8 nitrogen and oxygen atoms in total. The Kier molecular flexibility index (Phi) is 3.95. The van der Waals surface area contributed by atoms with E-state index in [0.29, 0.717) is 0 Å². The molecule has 3 heterocycles.